The van der Waals surface area contributed by atoms with Crippen LogP contribution in [0.1, 0.15) is 41.5 Å². The van der Waals surface area contributed by atoms with Gasteiger partial charge >= 0.3 is 5.97 Å². The van der Waals surface area contributed by atoms with Crippen LogP contribution in [0.5, 0.6) is 0 Å². The number of hydrogen-bond acceptors (Lipinski definition) is 6. The Labute approximate surface area is 180 Å². The molecule has 0 spiro atoms. The average molecular weight is 413 g/mol. The number of rotatable bonds is 7. The molecular weight excluding hydrogens is 390 g/mol. The number of aromatic carboxylic acids is 1. The number of carboxylic acids is 1. The number of nitrogens with one attached hydrogen (secondary N) is 1. The monoisotopic (exact) mass is 413 g/mol. The van der Waals surface area contributed by atoms with E-state index < -0.39 is 5.97 Å². The van der Waals surface area contributed by atoms with Crippen molar-refractivity contribution in [2.24, 2.45) is 0 Å². The molecule has 0 unspecified atom stereocenters. The van der Waals surface area contributed by atoms with E-state index in [9.17, 15) is 9.90 Å². The average Bonchev–Trinajstić information content (AvgIpc) is 2.78. The molecule has 0 aliphatic carbocycles. The fraction of sp³-hybridized carbons (Fsp3) is 0.208. The lowest BCUT2D eigenvalue weighted by molar-refractivity contribution is 0.0684. The van der Waals surface area contributed by atoms with E-state index in [0.29, 0.717) is 22.5 Å². The fourth-order valence-corrected chi connectivity index (χ4v) is 3.36. The largest absolute Gasteiger partial charge is 0.475 e. The van der Waals surface area contributed by atoms with Crippen molar-refractivity contribution in [3.8, 4) is 11.4 Å². The molecule has 0 aliphatic rings. The molecule has 0 radical (unpaired) electrons. The first-order valence-corrected chi connectivity index (χ1v) is 10.2. The van der Waals surface area contributed by atoms with Crippen LogP contribution in [-0.2, 0) is 6.42 Å². The second-order valence-electron chi connectivity index (χ2n) is 7.36. The van der Waals surface area contributed by atoms with E-state index in [4.69, 9.17) is 0 Å². The van der Waals surface area contributed by atoms with Crippen LogP contribution in [0.15, 0.2) is 54.7 Å². The Morgan fingerprint density at radius 2 is 1.84 bits per heavy atom. The Bertz CT molecular complexity index is 1240. The summed E-state index contributed by atoms with van der Waals surface area (Å²) in [7, 11) is 0. The third kappa shape index (κ3) is 4.50. The van der Waals surface area contributed by atoms with E-state index in [1.54, 1.807) is 6.20 Å². The maximum Gasteiger partial charge on any atom is 0.374 e. The molecule has 31 heavy (non-hydrogen) atoms. The summed E-state index contributed by atoms with van der Waals surface area (Å²) in [5.41, 5.74) is 4.73. The first kappa shape index (κ1) is 20.4. The number of aryl methyl sites for hydroxylation is 2. The fourth-order valence-electron chi connectivity index (χ4n) is 3.36. The highest BCUT2D eigenvalue weighted by atomic mass is 16.4. The first-order chi connectivity index (χ1) is 15.0. The quantitative estimate of drug-likeness (QED) is 0.430. The van der Waals surface area contributed by atoms with Crippen molar-refractivity contribution in [2.45, 2.75) is 33.1 Å². The van der Waals surface area contributed by atoms with Crippen LogP contribution < -0.4 is 5.32 Å². The number of fused-ring (bicyclic) bond motifs is 1. The Balaban J connectivity index is 1.74. The summed E-state index contributed by atoms with van der Waals surface area (Å²) in [4.78, 5) is 28.9. The number of hydrogen-bond donors (Lipinski definition) is 2. The van der Waals surface area contributed by atoms with E-state index in [1.165, 1.54) is 5.56 Å². The van der Waals surface area contributed by atoms with Crippen LogP contribution >= 0.6 is 0 Å². The lowest BCUT2D eigenvalue weighted by Gasteiger charge is -2.11. The molecule has 4 aromatic rings. The molecule has 0 saturated heterocycles. The molecule has 7 heteroatoms. The van der Waals surface area contributed by atoms with Crippen molar-refractivity contribution in [3.63, 3.8) is 0 Å². The molecule has 2 N–H and O–H groups in total. The first-order valence-electron chi connectivity index (χ1n) is 10.2. The van der Waals surface area contributed by atoms with Crippen LogP contribution in [0.4, 0.5) is 11.5 Å². The lowest BCUT2D eigenvalue weighted by atomic mass is 10.1. The van der Waals surface area contributed by atoms with Crippen molar-refractivity contribution in [3.05, 3.63) is 71.7 Å². The van der Waals surface area contributed by atoms with Crippen LogP contribution in [0.2, 0.25) is 0 Å². The molecule has 156 valence electrons. The standard InChI is InChI=1S/C24H23N5O2/c1-3-4-7-16-8-10-17(11-9-16)26-21-18-12-13-19(20-15(2)6-5-14-25-20)27-22(18)29-23(28-21)24(30)31/h5-6,8-14H,3-4,7H2,1-2H3,(H,30,31)(H,26,27,28,29). The van der Waals surface area contributed by atoms with Gasteiger partial charge in [0.1, 0.15) is 5.82 Å². The number of unbranched alkanes of at least 4 members (excludes halogenated alkanes) is 1. The van der Waals surface area contributed by atoms with Crippen LogP contribution in [0, 0.1) is 6.92 Å². The smallest absolute Gasteiger partial charge is 0.374 e. The minimum atomic E-state index is -1.21. The summed E-state index contributed by atoms with van der Waals surface area (Å²) in [5.74, 6) is -1.11. The molecule has 7 nitrogen and oxygen atoms in total. The molecule has 0 bridgehead atoms. The van der Waals surface area contributed by atoms with Gasteiger partial charge < -0.3 is 10.4 Å². The Hall–Kier alpha value is -3.87. The molecule has 4 rings (SSSR count). The van der Waals surface area contributed by atoms with Crippen LogP contribution in [0.3, 0.4) is 0 Å². The molecular formula is C24H23N5O2. The number of carbonyl (C=O) groups is 1. The second-order valence-corrected chi connectivity index (χ2v) is 7.36. The molecule has 0 saturated carbocycles. The normalized spacial score (nSPS) is 10.9. The summed E-state index contributed by atoms with van der Waals surface area (Å²) in [5, 5.41) is 13.4. The maximum absolute atomic E-state index is 11.6. The second kappa shape index (κ2) is 8.87. The molecule has 0 amide bonds. The van der Waals surface area contributed by atoms with E-state index in [-0.39, 0.29) is 5.82 Å². The molecule has 3 aromatic heterocycles. The molecule has 0 atom stereocenters. The highest BCUT2D eigenvalue weighted by Gasteiger charge is 2.16. The zero-order valence-electron chi connectivity index (χ0n) is 17.5. The summed E-state index contributed by atoms with van der Waals surface area (Å²) < 4.78 is 0. The van der Waals surface area contributed by atoms with Crippen LogP contribution in [-0.4, -0.2) is 31.0 Å². The molecule has 1 aromatic carbocycles. The SMILES string of the molecule is CCCCc1ccc(Nc2nc(C(=O)O)nc3nc(-c4ncccc4C)ccc23)cc1. The summed E-state index contributed by atoms with van der Waals surface area (Å²) in [6.07, 6.45) is 5.04. The van der Waals surface area contributed by atoms with Crippen molar-refractivity contribution in [2.75, 3.05) is 5.32 Å². The van der Waals surface area contributed by atoms with Crippen molar-refractivity contribution >= 4 is 28.5 Å². The number of nitrogens with zero attached hydrogens (tertiary/aromatic N) is 4. The minimum absolute atomic E-state index is 0.303. The number of pyridine rings is 2. The minimum Gasteiger partial charge on any atom is -0.475 e. The number of aromatic nitrogens is 4. The van der Waals surface area contributed by atoms with Gasteiger partial charge in [-0.3, -0.25) is 4.98 Å². The Morgan fingerprint density at radius 3 is 2.55 bits per heavy atom. The lowest BCUT2D eigenvalue weighted by Crippen LogP contribution is -2.08. The molecule has 0 aliphatic heterocycles. The number of carboxylic acid groups (broad SMARTS) is 1. The molecule has 3 heterocycles. The van der Waals surface area contributed by atoms with Gasteiger partial charge in [0, 0.05) is 11.9 Å². The van der Waals surface area contributed by atoms with E-state index in [0.717, 1.165) is 36.2 Å². The molecule has 0 fully saturated rings. The van der Waals surface area contributed by atoms with Gasteiger partial charge in [-0.05, 0) is 61.2 Å². The zero-order valence-corrected chi connectivity index (χ0v) is 17.5. The van der Waals surface area contributed by atoms with Gasteiger partial charge in [0.25, 0.3) is 0 Å². The highest BCUT2D eigenvalue weighted by Crippen LogP contribution is 2.27. The number of anilines is 2. The van der Waals surface area contributed by atoms with Gasteiger partial charge in [0.05, 0.1) is 16.8 Å². The van der Waals surface area contributed by atoms with Crippen molar-refractivity contribution in [1.82, 2.24) is 19.9 Å². The number of benzene rings is 1. The van der Waals surface area contributed by atoms with Gasteiger partial charge in [-0.2, -0.15) is 0 Å². The summed E-state index contributed by atoms with van der Waals surface area (Å²) in [6, 6.07) is 15.6. The maximum atomic E-state index is 11.6. The van der Waals surface area contributed by atoms with Gasteiger partial charge in [-0.25, -0.2) is 19.7 Å². The van der Waals surface area contributed by atoms with Gasteiger partial charge in [0.2, 0.25) is 5.82 Å². The van der Waals surface area contributed by atoms with Gasteiger partial charge in [-0.15, -0.1) is 0 Å². The van der Waals surface area contributed by atoms with Crippen LogP contribution in [0.25, 0.3) is 22.4 Å². The van der Waals surface area contributed by atoms with Gasteiger partial charge in [-0.1, -0.05) is 31.5 Å². The van der Waals surface area contributed by atoms with Gasteiger partial charge in [0.15, 0.2) is 5.65 Å². The Morgan fingerprint density at radius 1 is 1.03 bits per heavy atom. The van der Waals surface area contributed by atoms with Crippen molar-refractivity contribution < 1.29 is 9.90 Å². The third-order valence-corrected chi connectivity index (χ3v) is 5.04. The van der Waals surface area contributed by atoms with Crippen molar-refractivity contribution in [1.29, 1.82) is 0 Å². The highest BCUT2D eigenvalue weighted by molar-refractivity contribution is 5.94. The summed E-state index contributed by atoms with van der Waals surface area (Å²) in [6.45, 7) is 4.12. The third-order valence-electron chi connectivity index (χ3n) is 5.04. The predicted molar refractivity (Wildman–Crippen MR) is 121 cm³/mol. The Kier molecular flexibility index (Phi) is 5.84. The predicted octanol–water partition coefficient (Wildman–Crippen LogP) is 5.18. The van der Waals surface area contributed by atoms with E-state index in [1.807, 2.05) is 43.3 Å². The summed E-state index contributed by atoms with van der Waals surface area (Å²) >= 11 is 0. The van der Waals surface area contributed by atoms with E-state index >= 15 is 0 Å². The zero-order chi connectivity index (χ0) is 21.8. The van der Waals surface area contributed by atoms with E-state index in [2.05, 4.69) is 44.3 Å². The topological polar surface area (TPSA) is 101 Å².